The molecule has 0 fully saturated rings. The summed E-state index contributed by atoms with van der Waals surface area (Å²) in [5.41, 5.74) is 0.326. The van der Waals surface area contributed by atoms with Gasteiger partial charge in [0.15, 0.2) is 0 Å². The normalized spacial score (nSPS) is 12.6. The van der Waals surface area contributed by atoms with Crippen LogP contribution in [0.15, 0.2) is 30.3 Å². The van der Waals surface area contributed by atoms with E-state index in [0.717, 1.165) is 5.56 Å². The van der Waals surface area contributed by atoms with Crippen LogP contribution >= 0.6 is 0 Å². The summed E-state index contributed by atoms with van der Waals surface area (Å²) in [4.78, 5) is 11.7. The predicted octanol–water partition coefficient (Wildman–Crippen LogP) is 2.41. The van der Waals surface area contributed by atoms with Gasteiger partial charge in [-0.3, -0.25) is 4.79 Å². The van der Waals surface area contributed by atoms with Crippen LogP contribution in [0.4, 0.5) is 0 Å². The van der Waals surface area contributed by atoms with Crippen molar-refractivity contribution >= 4 is 5.91 Å². The second kappa shape index (κ2) is 4.80. The molecular formula is C13H16N2O. The largest absolute Gasteiger partial charge is 0.336 e. The van der Waals surface area contributed by atoms with Crippen molar-refractivity contribution in [2.45, 2.75) is 26.8 Å². The maximum absolute atomic E-state index is 11.7. The molecule has 0 saturated heterocycles. The average molecular weight is 216 g/mol. The van der Waals surface area contributed by atoms with E-state index in [9.17, 15) is 4.79 Å². The molecule has 0 heterocycles. The first-order valence-electron chi connectivity index (χ1n) is 5.20. The van der Waals surface area contributed by atoms with Gasteiger partial charge in [-0.25, -0.2) is 0 Å². The zero-order valence-corrected chi connectivity index (χ0v) is 9.82. The molecule has 1 aromatic carbocycles. The van der Waals surface area contributed by atoms with Gasteiger partial charge in [-0.15, -0.1) is 0 Å². The van der Waals surface area contributed by atoms with Crippen molar-refractivity contribution in [1.82, 2.24) is 5.32 Å². The van der Waals surface area contributed by atoms with Gasteiger partial charge in [-0.2, -0.15) is 5.26 Å². The van der Waals surface area contributed by atoms with Crippen molar-refractivity contribution in [3.63, 3.8) is 0 Å². The zero-order valence-electron chi connectivity index (χ0n) is 9.82. The van der Waals surface area contributed by atoms with E-state index < -0.39 is 11.5 Å². The molecule has 0 aliphatic rings. The summed E-state index contributed by atoms with van der Waals surface area (Å²) >= 11 is 0. The van der Waals surface area contributed by atoms with Gasteiger partial charge in [0.25, 0.3) is 0 Å². The van der Waals surface area contributed by atoms with E-state index in [4.69, 9.17) is 5.26 Å². The Morgan fingerprint density at radius 1 is 1.31 bits per heavy atom. The van der Waals surface area contributed by atoms with E-state index >= 15 is 0 Å². The average Bonchev–Trinajstić information content (AvgIpc) is 2.25. The molecule has 3 heteroatoms. The van der Waals surface area contributed by atoms with Gasteiger partial charge < -0.3 is 5.32 Å². The van der Waals surface area contributed by atoms with Crippen molar-refractivity contribution in [3.05, 3.63) is 35.9 Å². The third-order valence-corrected chi connectivity index (χ3v) is 2.22. The molecule has 0 aliphatic carbocycles. The molecule has 1 amide bonds. The molecule has 1 atom stereocenters. The molecule has 0 radical (unpaired) electrons. The first-order chi connectivity index (χ1) is 7.45. The maximum atomic E-state index is 11.7. The number of nitrogens with one attached hydrogen (secondary N) is 1. The Balaban J connectivity index is 2.80. The highest BCUT2D eigenvalue weighted by atomic mass is 16.2. The molecule has 0 spiro atoms. The van der Waals surface area contributed by atoms with Crippen LogP contribution in [0.2, 0.25) is 0 Å². The Hall–Kier alpha value is -1.82. The molecular weight excluding hydrogens is 200 g/mol. The SMILES string of the molecule is CC(C)(C)C(=O)NC(C#N)c1ccccc1. The zero-order chi connectivity index (χ0) is 12.2. The van der Waals surface area contributed by atoms with Crippen LogP contribution in [0.1, 0.15) is 32.4 Å². The van der Waals surface area contributed by atoms with Crippen molar-refractivity contribution in [3.8, 4) is 6.07 Å². The second-order valence-electron chi connectivity index (χ2n) is 4.70. The molecule has 84 valence electrons. The van der Waals surface area contributed by atoms with Gasteiger partial charge in [-0.1, -0.05) is 51.1 Å². The van der Waals surface area contributed by atoms with Gasteiger partial charge in [0.2, 0.25) is 5.91 Å². The fourth-order valence-corrected chi connectivity index (χ4v) is 1.18. The number of hydrogen-bond acceptors (Lipinski definition) is 2. The van der Waals surface area contributed by atoms with Gasteiger partial charge >= 0.3 is 0 Å². The van der Waals surface area contributed by atoms with Gasteiger partial charge in [0.05, 0.1) is 6.07 Å². The van der Waals surface area contributed by atoms with E-state index in [-0.39, 0.29) is 5.91 Å². The number of amides is 1. The molecule has 1 aromatic rings. The number of hydrogen-bond donors (Lipinski definition) is 1. The van der Waals surface area contributed by atoms with Crippen LogP contribution < -0.4 is 5.32 Å². The lowest BCUT2D eigenvalue weighted by atomic mass is 9.94. The predicted molar refractivity (Wildman–Crippen MR) is 62.4 cm³/mol. The van der Waals surface area contributed by atoms with E-state index in [1.54, 1.807) is 0 Å². The van der Waals surface area contributed by atoms with Crippen molar-refractivity contribution in [2.24, 2.45) is 5.41 Å². The molecule has 1 rings (SSSR count). The van der Waals surface area contributed by atoms with E-state index in [1.165, 1.54) is 0 Å². The molecule has 1 N–H and O–H groups in total. The number of carbonyl (C=O) groups is 1. The molecule has 0 bridgehead atoms. The monoisotopic (exact) mass is 216 g/mol. The van der Waals surface area contributed by atoms with Gasteiger partial charge in [-0.05, 0) is 5.56 Å². The lowest BCUT2D eigenvalue weighted by Gasteiger charge is -2.20. The Kier molecular flexibility index (Phi) is 3.68. The number of nitriles is 1. The third kappa shape index (κ3) is 3.09. The summed E-state index contributed by atoms with van der Waals surface area (Å²) in [5.74, 6) is -0.122. The summed E-state index contributed by atoms with van der Waals surface area (Å²) in [5, 5.41) is 11.8. The standard InChI is InChI=1S/C13H16N2O/c1-13(2,3)12(16)15-11(9-14)10-7-5-4-6-8-10/h4-8,11H,1-3H3,(H,15,16). The fourth-order valence-electron chi connectivity index (χ4n) is 1.18. The van der Waals surface area contributed by atoms with Crippen LogP contribution in [0.25, 0.3) is 0 Å². The molecule has 3 nitrogen and oxygen atoms in total. The molecule has 0 saturated carbocycles. The Morgan fingerprint density at radius 2 is 1.88 bits per heavy atom. The summed E-state index contributed by atoms with van der Waals surface area (Å²) in [6, 6.07) is 10.8. The quantitative estimate of drug-likeness (QED) is 0.825. The van der Waals surface area contributed by atoms with Crippen molar-refractivity contribution < 1.29 is 4.79 Å². The molecule has 1 unspecified atom stereocenters. The van der Waals surface area contributed by atoms with Crippen LogP contribution in [-0.2, 0) is 4.79 Å². The summed E-state index contributed by atoms with van der Waals surface area (Å²) in [6.07, 6.45) is 0. The van der Waals surface area contributed by atoms with Crippen LogP contribution in [-0.4, -0.2) is 5.91 Å². The Labute approximate surface area is 96.1 Å². The fraction of sp³-hybridized carbons (Fsp3) is 0.385. The van der Waals surface area contributed by atoms with E-state index in [2.05, 4.69) is 11.4 Å². The summed E-state index contributed by atoms with van der Waals surface area (Å²) in [6.45, 7) is 5.46. The Morgan fingerprint density at radius 3 is 2.31 bits per heavy atom. The topological polar surface area (TPSA) is 52.9 Å². The lowest BCUT2D eigenvalue weighted by Crippen LogP contribution is -2.36. The van der Waals surface area contributed by atoms with Crippen LogP contribution in [0.5, 0.6) is 0 Å². The lowest BCUT2D eigenvalue weighted by molar-refractivity contribution is -0.128. The van der Waals surface area contributed by atoms with Crippen LogP contribution in [0.3, 0.4) is 0 Å². The highest BCUT2D eigenvalue weighted by Gasteiger charge is 2.24. The molecule has 0 aromatic heterocycles. The smallest absolute Gasteiger partial charge is 0.226 e. The van der Waals surface area contributed by atoms with Gasteiger partial charge in [0.1, 0.15) is 6.04 Å². The first kappa shape index (κ1) is 12.3. The second-order valence-corrected chi connectivity index (χ2v) is 4.70. The van der Waals surface area contributed by atoms with E-state index in [0.29, 0.717) is 0 Å². The Bertz CT molecular complexity index is 398. The summed E-state index contributed by atoms with van der Waals surface area (Å²) < 4.78 is 0. The molecule has 0 aliphatic heterocycles. The van der Waals surface area contributed by atoms with Gasteiger partial charge in [0, 0.05) is 5.41 Å². The number of carbonyl (C=O) groups excluding carboxylic acids is 1. The minimum Gasteiger partial charge on any atom is -0.336 e. The highest BCUT2D eigenvalue weighted by molar-refractivity contribution is 5.82. The molecule has 16 heavy (non-hydrogen) atoms. The maximum Gasteiger partial charge on any atom is 0.226 e. The van der Waals surface area contributed by atoms with E-state index in [1.807, 2.05) is 51.1 Å². The third-order valence-electron chi connectivity index (χ3n) is 2.22. The van der Waals surface area contributed by atoms with Crippen LogP contribution in [0, 0.1) is 16.7 Å². The number of benzene rings is 1. The summed E-state index contributed by atoms with van der Waals surface area (Å²) in [7, 11) is 0. The first-order valence-corrected chi connectivity index (χ1v) is 5.20. The number of rotatable bonds is 2. The number of nitrogens with zero attached hydrogens (tertiary/aromatic N) is 1. The minimum atomic E-state index is -0.576. The van der Waals surface area contributed by atoms with Crippen molar-refractivity contribution in [2.75, 3.05) is 0 Å². The highest BCUT2D eigenvalue weighted by Crippen LogP contribution is 2.17. The van der Waals surface area contributed by atoms with Crippen molar-refractivity contribution in [1.29, 1.82) is 5.26 Å². The minimum absolute atomic E-state index is 0.122.